The number of nitrogens with one attached hydrogen (secondary N) is 3. The van der Waals surface area contributed by atoms with Crippen molar-refractivity contribution in [1.29, 1.82) is 0 Å². The summed E-state index contributed by atoms with van der Waals surface area (Å²) in [6.45, 7) is 4.58. The van der Waals surface area contributed by atoms with E-state index in [0.717, 1.165) is 0 Å². The Bertz CT molecular complexity index is 1610. The molecular weight excluding hydrogens is 570 g/mol. The standard InChI is InChI=1S/C29H31F4N7O3/c1-14(2)34-26-25-24(37-38-26)15(12-39-9-7-16(8-10-39)29(31,32)33)11-20(35-25)18-4-3-17-19(23(18)30)13-40(28(17)43)21-5-6-22(41)36-27(21)42/h3-4,11,14,16,21H,5-10,12-13H2,1-2H3,(H2,34,37,38)(H,36,41,42). The van der Waals surface area contributed by atoms with E-state index in [1.54, 1.807) is 6.07 Å². The van der Waals surface area contributed by atoms with Gasteiger partial charge in [-0.05, 0) is 70.0 Å². The van der Waals surface area contributed by atoms with Crippen molar-refractivity contribution in [2.45, 2.75) is 70.9 Å². The number of nitrogens with zero attached hydrogens (tertiary/aromatic N) is 4. The SMILES string of the molecule is CC(C)Nc1n[nH]c2c(CN3CCC(C(F)(F)F)CC3)cc(-c3ccc4c(c3F)CN(C3CCC(=O)NC3=O)C4=O)nc12. The number of aromatic amines is 1. The fourth-order valence-corrected chi connectivity index (χ4v) is 6.16. The lowest BCUT2D eigenvalue weighted by molar-refractivity contribution is -0.185. The third-order valence-corrected chi connectivity index (χ3v) is 8.40. The van der Waals surface area contributed by atoms with Crippen molar-refractivity contribution in [3.63, 3.8) is 0 Å². The third-order valence-electron chi connectivity index (χ3n) is 8.40. The van der Waals surface area contributed by atoms with Gasteiger partial charge in [0.2, 0.25) is 11.8 Å². The van der Waals surface area contributed by atoms with Crippen LogP contribution in [0.25, 0.3) is 22.3 Å². The molecule has 0 aliphatic carbocycles. The summed E-state index contributed by atoms with van der Waals surface area (Å²) in [7, 11) is 0. The van der Waals surface area contributed by atoms with E-state index in [0.29, 0.717) is 29.0 Å². The predicted molar refractivity (Wildman–Crippen MR) is 148 cm³/mol. The molecule has 2 fully saturated rings. The van der Waals surface area contributed by atoms with Crippen molar-refractivity contribution in [3.8, 4) is 11.3 Å². The zero-order valence-electron chi connectivity index (χ0n) is 23.6. The van der Waals surface area contributed by atoms with Gasteiger partial charge in [-0.25, -0.2) is 9.37 Å². The van der Waals surface area contributed by atoms with Gasteiger partial charge in [0.25, 0.3) is 5.91 Å². The van der Waals surface area contributed by atoms with E-state index in [2.05, 4.69) is 20.8 Å². The average molecular weight is 602 g/mol. The van der Waals surface area contributed by atoms with Gasteiger partial charge < -0.3 is 10.2 Å². The predicted octanol–water partition coefficient (Wildman–Crippen LogP) is 4.12. The number of hydrogen-bond acceptors (Lipinski definition) is 7. The van der Waals surface area contributed by atoms with Crippen molar-refractivity contribution in [2.24, 2.45) is 5.92 Å². The van der Waals surface area contributed by atoms with Gasteiger partial charge in [0.05, 0.1) is 23.7 Å². The van der Waals surface area contributed by atoms with E-state index < -0.39 is 41.7 Å². The van der Waals surface area contributed by atoms with Crippen molar-refractivity contribution in [2.75, 3.05) is 18.4 Å². The van der Waals surface area contributed by atoms with Crippen LogP contribution in [0.5, 0.6) is 0 Å². The van der Waals surface area contributed by atoms with Crippen molar-refractivity contribution >= 4 is 34.6 Å². The van der Waals surface area contributed by atoms with Crippen molar-refractivity contribution < 1.29 is 31.9 Å². The molecule has 1 atom stereocenters. The summed E-state index contributed by atoms with van der Waals surface area (Å²) in [6, 6.07) is 3.83. The zero-order chi connectivity index (χ0) is 30.6. The quantitative estimate of drug-likeness (QED) is 0.287. The summed E-state index contributed by atoms with van der Waals surface area (Å²) in [5, 5.41) is 12.8. The maximum absolute atomic E-state index is 16.2. The number of benzene rings is 1. The highest BCUT2D eigenvalue weighted by atomic mass is 19.4. The molecule has 3 aliphatic heterocycles. The van der Waals surface area contributed by atoms with E-state index >= 15 is 4.39 Å². The summed E-state index contributed by atoms with van der Waals surface area (Å²) < 4.78 is 55.9. The van der Waals surface area contributed by atoms with E-state index in [-0.39, 0.29) is 73.7 Å². The fraction of sp³-hybridized carbons (Fsp3) is 0.483. The monoisotopic (exact) mass is 601 g/mol. The summed E-state index contributed by atoms with van der Waals surface area (Å²) >= 11 is 0. The molecule has 228 valence electrons. The third kappa shape index (κ3) is 5.43. The molecule has 0 spiro atoms. The molecular formula is C29H31F4N7O3. The normalized spacial score (nSPS) is 20.3. The number of alkyl halides is 3. The Labute approximate surface area is 244 Å². The molecule has 1 unspecified atom stereocenters. The molecule has 0 saturated carbocycles. The summed E-state index contributed by atoms with van der Waals surface area (Å²) in [5.74, 6) is -2.99. The minimum atomic E-state index is -4.22. The van der Waals surface area contributed by atoms with Gasteiger partial charge in [-0.3, -0.25) is 29.7 Å². The molecule has 0 radical (unpaired) electrons. The number of H-pyrrole nitrogens is 1. The van der Waals surface area contributed by atoms with Crippen LogP contribution in [0.15, 0.2) is 18.2 Å². The molecule has 3 aromatic rings. The molecule has 6 rings (SSSR count). The van der Waals surface area contributed by atoms with Gasteiger partial charge in [0.1, 0.15) is 17.4 Å². The number of carbonyl (C=O) groups is 3. The summed E-state index contributed by atoms with van der Waals surface area (Å²) in [5.41, 5.74) is 2.48. The van der Waals surface area contributed by atoms with E-state index in [4.69, 9.17) is 4.98 Å². The fourth-order valence-electron chi connectivity index (χ4n) is 6.16. The Morgan fingerprint density at radius 3 is 2.49 bits per heavy atom. The topological polar surface area (TPSA) is 123 Å². The van der Waals surface area contributed by atoms with Crippen LogP contribution >= 0.6 is 0 Å². The van der Waals surface area contributed by atoms with Crippen LogP contribution in [0.1, 0.15) is 61.0 Å². The number of amides is 3. The number of imide groups is 1. The molecule has 3 aliphatic rings. The van der Waals surface area contributed by atoms with Crippen molar-refractivity contribution in [1.82, 2.24) is 30.3 Å². The summed E-state index contributed by atoms with van der Waals surface area (Å²) in [6.07, 6.45) is -3.96. The molecule has 3 amide bonds. The Balaban J connectivity index is 1.34. The molecule has 2 aromatic heterocycles. The second kappa shape index (κ2) is 10.9. The smallest absolute Gasteiger partial charge is 0.365 e. The zero-order valence-corrected chi connectivity index (χ0v) is 23.6. The minimum absolute atomic E-state index is 0.00483. The number of carbonyl (C=O) groups excluding carboxylic acids is 3. The number of halogens is 4. The Kier molecular flexibility index (Phi) is 7.35. The van der Waals surface area contributed by atoms with Gasteiger partial charge in [-0.15, -0.1) is 0 Å². The molecule has 1 aromatic carbocycles. The Morgan fingerprint density at radius 2 is 1.81 bits per heavy atom. The maximum atomic E-state index is 16.2. The number of likely N-dealkylation sites (tertiary alicyclic amines) is 1. The van der Waals surface area contributed by atoms with Gasteiger partial charge in [0.15, 0.2) is 5.82 Å². The number of aromatic nitrogens is 3. The second-order valence-electron chi connectivity index (χ2n) is 11.7. The number of hydrogen-bond donors (Lipinski definition) is 3. The maximum Gasteiger partial charge on any atom is 0.391 e. The molecule has 0 bridgehead atoms. The largest absolute Gasteiger partial charge is 0.391 e. The highest BCUT2D eigenvalue weighted by Gasteiger charge is 2.42. The average Bonchev–Trinajstić information content (AvgIpc) is 3.50. The minimum Gasteiger partial charge on any atom is -0.365 e. The van der Waals surface area contributed by atoms with Crippen LogP contribution in [0, 0.1) is 11.7 Å². The molecule has 3 N–H and O–H groups in total. The highest BCUT2D eigenvalue weighted by molar-refractivity contribution is 6.05. The first kappa shape index (κ1) is 29.0. The molecule has 2 saturated heterocycles. The number of rotatable bonds is 6. The van der Waals surface area contributed by atoms with Crippen LogP contribution in [0.2, 0.25) is 0 Å². The lowest BCUT2D eigenvalue weighted by Crippen LogP contribution is -2.52. The van der Waals surface area contributed by atoms with Crippen LogP contribution in [-0.4, -0.2) is 74.1 Å². The lowest BCUT2D eigenvalue weighted by Gasteiger charge is -2.33. The lowest BCUT2D eigenvalue weighted by atomic mass is 9.95. The van der Waals surface area contributed by atoms with E-state index in [9.17, 15) is 27.6 Å². The summed E-state index contributed by atoms with van der Waals surface area (Å²) in [4.78, 5) is 45.1. The van der Waals surface area contributed by atoms with Crippen molar-refractivity contribution in [3.05, 3.63) is 40.7 Å². The first-order chi connectivity index (χ1) is 20.4. The Hall–Kier alpha value is -4.07. The number of piperidine rings is 2. The number of pyridine rings is 1. The van der Waals surface area contributed by atoms with Crippen LogP contribution in [0.4, 0.5) is 23.4 Å². The highest BCUT2D eigenvalue weighted by Crippen LogP contribution is 2.37. The molecule has 5 heterocycles. The van der Waals surface area contributed by atoms with E-state index in [1.165, 1.54) is 17.0 Å². The van der Waals surface area contributed by atoms with Gasteiger partial charge >= 0.3 is 6.18 Å². The second-order valence-corrected chi connectivity index (χ2v) is 11.7. The van der Waals surface area contributed by atoms with E-state index in [1.807, 2.05) is 18.7 Å². The number of fused-ring (bicyclic) bond motifs is 2. The number of anilines is 1. The molecule has 14 heteroatoms. The molecule has 43 heavy (non-hydrogen) atoms. The molecule has 10 nitrogen and oxygen atoms in total. The van der Waals surface area contributed by atoms with Gasteiger partial charge in [-0.1, -0.05) is 0 Å². The van der Waals surface area contributed by atoms with Crippen LogP contribution < -0.4 is 10.6 Å². The first-order valence-corrected chi connectivity index (χ1v) is 14.3. The van der Waals surface area contributed by atoms with Gasteiger partial charge in [0, 0.05) is 35.7 Å². The van der Waals surface area contributed by atoms with Crippen LogP contribution in [-0.2, 0) is 22.7 Å². The first-order valence-electron chi connectivity index (χ1n) is 14.3. The van der Waals surface area contributed by atoms with Gasteiger partial charge in [-0.2, -0.15) is 18.3 Å². The Morgan fingerprint density at radius 1 is 1.09 bits per heavy atom. The van der Waals surface area contributed by atoms with Crippen LogP contribution in [0.3, 0.4) is 0 Å².